The Morgan fingerprint density at radius 3 is 2.72 bits per heavy atom. The van der Waals surface area contributed by atoms with Crippen LogP contribution in [0.15, 0.2) is 18.2 Å². The highest BCUT2D eigenvalue weighted by atomic mass is 35.5. The zero-order valence-corrected chi connectivity index (χ0v) is 12.4. The molecule has 6 heteroatoms. The summed E-state index contributed by atoms with van der Waals surface area (Å²) in [6.07, 6.45) is 0.862. The Labute approximate surface area is 119 Å². The first-order valence-corrected chi connectivity index (χ1v) is 7.83. The molecular weight excluding hydrogens is 293 g/mol. The molecule has 0 aliphatic rings. The standard InChI is InChI=1S/C12H15Cl2NO2S/c1-2-5-15-12(16)8-18(17)7-9-3-4-10(13)6-11(9)14/h3-4,6H,2,5,7-8H2,1H3,(H,15,16). The minimum absolute atomic E-state index is 0.00104. The zero-order valence-electron chi connectivity index (χ0n) is 10.0. The van der Waals surface area contributed by atoms with Gasteiger partial charge in [-0.3, -0.25) is 9.00 Å². The van der Waals surface area contributed by atoms with Gasteiger partial charge >= 0.3 is 0 Å². The Bertz CT molecular complexity index is 452. The van der Waals surface area contributed by atoms with E-state index in [0.717, 1.165) is 12.0 Å². The van der Waals surface area contributed by atoms with Gasteiger partial charge in [0.1, 0.15) is 5.75 Å². The van der Waals surface area contributed by atoms with E-state index in [9.17, 15) is 9.00 Å². The molecule has 0 aliphatic carbocycles. The van der Waals surface area contributed by atoms with E-state index in [2.05, 4.69) is 5.32 Å². The van der Waals surface area contributed by atoms with Crippen molar-refractivity contribution < 1.29 is 9.00 Å². The van der Waals surface area contributed by atoms with Crippen molar-refractivity contribution in [1.82, 2.24) is 5.32 Å². The van der Waals surface area contributed by atoms with Crippen molar-refractivity contribution in [2.24, 2.45) is 0 Å². The second-order valence-electron chi connectivity index (χ2n) is 3.81. The average Bonchev–Trinajstić information content (AvgIpc) is 2.30. The lowest BCUT2D eigenvalue weighted by Crippen LogP contribution is -2.29. The predicted octanol–water partition coefficient (Wildman–Crippen LogP) is 2.77. The van der Waals surface area contributed by atoms with Gasteiger partial charge in [-0.25, -0.2) is 0 Å². The maximum absolute atomic E-state index is 11.8. The quantitative estimate of drug-likeness (QED) is 0.878. The van der Waals surface area contributed by atoms with Crippen LogP contribution in [0.4, 0.5) is 0 Å². The molecule has 0 bridgehead atoms. The van der Waals surface area contributed by atoms with Crippen LogP contribution >= 0.6 is 23.2 Å². The van der Waals surface area contributed by atoms with Gasteiger partial charge in [0.15, 0.2) is 0 Å². The summed E-state index contributed by atoms with van der Waals surface area (Å²) in [5.74, 6) is 0.0642. The minimum atomic E-state index is -1.26. The van der Waals surface area contributed by atoms with Crippen molar-refractivity contribution in [1.29, 1.82) is 0 Å². The van der Waals surface area contributed by atoms with Gasteiger partial charge in [-0.05, 0) is 24.1 Å². The first-order chi connectivity index (χ1) is 8.52. The molecule has 0 aromatic heterocycles. The molecule has 100 valence electrons. The molecule has 0 heterocycles. The van der Waals surface area contributed by atoms with Gasteiger partial charge in [-0.15, -0.1) is 0 Å². The van der Waals surface area contributed by atoms with E-state index in [1.807, 2.05) is 6.92 Å². The van der Waals surface area contributed by atoms with Gasteiger partial charge in [0.05, 0.1) is 5.75 Å². The number of carbonyl (C=O) groups is 1. The van der Waals surface area contributed by atoms with E-state index >= 15 is 0 Å². The lowest BCUT2D eigenvalue weighted by Gasteiger charge is -2.06. The molecule has 1 aromatic carbocycles. The van der Waals surface area contributed by atoms with Crippen LogP contribution in [0.1, 0.15) is 18.9 Å². The van der Waals surface area contributed by atoms with Crippen LogP contribution in [0.5, 0.6) is 0 Å². The normalized spacial score (nSPS) is 12.2. The summed E-state index contributed by atoms with van der Waals surface area (Å²) in [5, 5.41) is 3.70. The molecule has 0 saturated carbocycles. The van der Waals surface area contributed by atoms with E-state index < -0.39 is 10.8 Å². The number of nitrogens with one attached hydrogen (secondary N) is 1. The summed E-state index contributed by atoms with van der Waals surface area (Å²) in [7, 11) is -1.26. The third kappa shape index (κ3) is 5.38. The molecule has 3 nitrogen and oxygen atoms in total. The molecule has 1 unspecified atom stereocenters. The molecule has 1 atom stereocenters. The van der Waals surface area contributed by atoms with Gasteiger partial charge in [-0.1, -0.05) is 36.2 Å². The second-order valence-corrected chi connectivity index (χ2v) is 6.11. The Balaban J connectivity index is 2.51. The van der Waals surface area contributed by atoms with Crippen molar-refractivity contribution in [3.8, 4) is 0 Å². The molecule has 1 N–H and O–H groups in total. The molecule has 1 rings (SSSR count). The number of hydrogen-bond donors (Lipinski definition) is 1. The fourth-order valence-corrected chi connectivity index (χ4v) is 2.97. The molecule has 0 radical (unpaired) electrons. The monoisotopic (exact) mass is 307 g/mol. The molecule has 18 heavy (non-hydrogen) atoms. The van der Waals surface area contributed by atoms with Crippen molar-refractivity contribution in [2.45, 2.75) is 19.1 Å². The van der Waals surface area contributed by atoms with Crippen molar-refractivity contribution in [2.75, 3.05) is 12.3 Å². The Kier molecular flexibility index (Phi) is 6.68. The van der Waals surface area contributed by atoms with E-state index in [1.54, 1.807) is 18.2 Å². The third-order valence-electron chi connectivity index (χ3n) is 2.20. The van der Waals surface area contributed by atoms with E-state index in [1.165, 1.54) is 0 Å². The summed E-state index contributed by atoms with van der Waals surface area (Å²) in [6.45, 7) is 2.57. The van der Waals surface area contributed by atoms with E-state index in [4.69, 9.17) is 23.2 Å². The second kappa shape index (κ2) is 7.77. The number of rotatable bonds is 6. The number of benzene rings is 1. The fourth-order valence-electron chi connectivity index (χ4n) is 1.32. The Morgan fingerprint density at radius 2 is 2.11 bits per heavy atom. The summed E-state index contributed by atoms with van der Waals surface area (Å²) in [4.78, 5) is 11.4. The van der Waals surface area contributed by atoms with Gasteiger partial charge in [0.25, 0.3) is 0 Å². The van der Waals surface area contributed by atoms with Crippen LogP contribution < -0.4 is 5.32 Å². The molecular formula is C12H15Cl2NO2S. The van der Waals surface area contributed by atoms with Crippen LogP contribution in [-0.2, 0) is 21.3 Å². The lowest BCUT2D eigenvalue weighted by atomic mass is 10.2. The van der Waals surface area contributed by atoms with Gasteiger partial charge < -0.3 is 5.32 Å². The first-order valence-electron chi connectivity index (χ1n) is 5.58. The largest absolute Gasteiger partial charge is 0.355 e. The number of amides is 1. The summed E-state index contributed by atoms with van der Waals surface area (Å²) in [5.41, 5.74) is 0.739. The predicted molar refractivity (Wildman–Crippen MR) is 76.5 cm³/mol. The highest BCUT2D eigenvalue weighted by molar-refractivity contribution is 7.84. The smallest absolute Gasteiger partial charge is 0.232 e. The summed E-state index contributed by atoms with van der Waals surface area (Å²) in [6, 6.07) is 5.02. The van der Waals surface area contributed by atoms with Crippen molar-refractivity contribution in [3.63, 3.8) is 0 Å². The molecule has 0 saturated heterocycles. The maximum Gasteiger partial charge on any atom is 0.232 e. The molecule has 0 spiro atoms. The van der Waals surface area contributed by atoms with Crippen LogP contribution in [0.2, 0.25) is 10.0 Å². The molecule has 1 aromatic rings. The van der Waals surface area contributed by atoms with Crippen LogP contribution in [-0.4, -0.2) is 22.4 Å². The highest BCUT2D eigenvalue weighted by Crippen LogP contribution is 2.22. The zero-order chi connectivity index (χ0) is 13.5. The SMILES string of the molecule is CCCNC(=O)CS(=O)Cc1ccc(Cl)cc1Cl. The van der Waals surface area contributed by atoms with Crippen LogP contribution in [0.25, 0.3) is 0 Å². The highest BCUT2D eigenvalue weighted by Gasteiger charge is 2.10. The van der Waals surface area contributed by atoms with Crippen molar-refractivity contribution >= 4 is 39.9 Å². The van der Waals surface area contributed by atoms with Crippen molar-refractivity contribution in [3.05, 3.63) is 33.8 Å². The number of hydrogen-bond acceptors (Lipinski definition) is 2. The van der Waals surface area contributed by atoms with E-state index in [-0.39, 0.29) is 17.4 Å². The van der Waals surface area contributed by atoms with Crippen LogP contribution in [0.3, 0.4) is 0 Å². The Hall–Kier alpha value is -0.580. The fraction of sp³-hybridized carbons (Fsp3) is 0.417. The molecule has 0 fully saturated rings. The maximum atomic E-state index is 11.8. The first kappa shape index (κ1) is 15.5. The van der Waals surface area contributed by atoms with Gasteiger partial charge in [0, 0.05) is 27.4 Å². The van der Waals surface area contributed by atoms with Gasteiger partial charge in [0.2, 0.25) is 5.91 Å². The topological polar surface area (TPSA) is 46.2 Å². The third-order valence-corrected chi connectivity index (χ3v) is 4.00. The number of halogens is 2. The molecule has 1 amide bonds. The summed E-state index contributed by atoms with van der Waals surface area (Å²) >= 11 is 11.7. The number of carbonyl (C=O) groups excluding carboxylic acids is 1. The summed E-state index contributed by atoms with van der Waals surface area (Å²) < 4.78 is 11.8. The molecule has 0 aliphatic heterocycles. The van der Waals surface area contributed by atoms with Gasteiger partial charge in [-0.2, -0.15) is 0 Å². The average molecular weight is 308 g/mol. The Morgan fingerprint density at radius 1 is 1.39 bits per heavy atom. The lowest BCUT2D eigenvalue weighted by molar-refractivity contribution is -0.118. The van der Waals surface area contributed by atoms with E-state index in [0.29, 0.717) is 16.6 Å². The minimum Gasteiger partial charge on any atom is -0.355 e. The van der Waals surface area contributed by atoms with Crippen LogP contribution in [0, 0.1) is 0 Å².